The molecule has 25 heavy (non-hydrogen) atoms. The van der Waals surface area contributed by atoms with Crippen molar-refractivity contribution in [2.75, 3.05) is 26.0 Å². The third kappa shape index (κ3) is 9.06. The van der Waals surface area contributed by atoms with Crippen LogP contribution in [0.2, 0.25) is 0 Å². The second kappa shape index (κ2) is 11.3. The maximum absolute atomic E-state index is 11.1. The van der Waals surface area contributed by atoms with E-state index in [9.17, 15) is 4.79 Å². The summed E-state index contributed by atoms with van der Waals surface area (Å²) >= 11 is 0. The number of nitrogens with one attached hydrogen (secondary N) is 3. The van der Waals surface area contributed by atoms with E-state index < -0.39 is 0 Å². The van der Waals surface area contributed by atoms with Crippen molar-refractivity contribution >= 4 is 41.5 Å². The Morgan fingerprint density at radius 2 is 1.96 bits per heavy atom. The molecule has 0 bridgehead atoms. The molecule has 0 aliphatic rings. The lowest BCUT2D eigenvalue weighted by Gasteiger charge is -2.30. The minimum absolute atomic E-state index is 0. The van der Waals surface area contributed by atoms with Crippen LogP contribution in [0.4, 0.5) is 5.69 Å². The number of rotatable bonds is 6. The van der Waals surface area contributed by atoms with Crippen LogP contribution in [0.15, 0.2) is 29.3 Å². The number of halogens is 1. The van der Waals surface area contributed by atoms with Crippen LogP contribution in [0.3, 0.4) is 0 Å². The molecule has 7 heteroatoms. The smallest absolute Gasteiger partial charge is 0.221 e. The average molecular weight is 462 g/mol. The maximum Gasteiger partial charge on any atom is 0.221 e. The summed E-state index contributed by atoms with van der Waals surface area (Å²) < 4.78 is 5.54. The minimum Gasteiger partial charge on any atom is -0.379 e. The summed E-state index contributed by atoms with van der Waals surface area (Å²) in [6.45, 7) is 9.22. The van der Waals surface area contributed by atoms with Crippen LogP contribution in [-0.2, 0) is 16.1 Å². The molecule has 0 aliphatic carbocycles. The summed E-state index contributed by atoms with van der Waals surface area (Å²) in [6.07, 6.45) is 0.0825. The molecule has 1 aromatic rings. The molecular weight excluding hydrogens is 431 g/mol. The van der Waals surface area contributed by atoms with Crippen molar-refractivity contribution in [2.45, 2.75) is 40.3 Å². The Balaban J connectivity index is 0.00000576. The Kier molecular flexibility index (Phi) is 10.7. The van der Waals surface area contributed by atoms with E-state index in [4.69, 9.17) is 4.74 Å². The van der Waals surface area contributed by atoms with Crippen LogP contribution in [0.1, 0.15) is 33.3 Å². The Labute approximate surface area is 168 Å². The zero-order valence-corrected chi connectivity index (χ0v) is 18.3. The molecule has 0 aliphatic heterocycles. The highest BCUT2D eigenvalue weighted by molar-refractivity contribution is 14.0. The van der Waals surface area contributed by atoms with E-state index in [2.05, 4.69) is 41.7 Å². The van der Waals surface area contributed by atoms with E-state index in [1.54, 1.807) is 14.2 Å². The number of methoxy groups -OCH3 is 1. The second-order valence-corrected chi connectivity index (χ2v) is 6.78. The Bertz CT molecular complexity index is 570. The van der Waals surface area contributed by atoms with Crippen LogP contribution in [0.25, 0.3) is 0 Å². The van der Waals surface area contributed by atoms with Crippen molar-refractivity contribution < 1.29 is 9.53 Å². The fourth-order valence-electron chi connectivity index (χ4n) is 2.30. The van der Waals surface area contributed by atoms with Crippen molar-refractivity contribution in [3.05, 3.63) is 29.8 Å². The highest BCUT2D eigenvalue weighted by atomic mass is 127. The number of carbonyl (C=O) groups is 1. The largest absolute Gasteiger partial charge is 0.379 e. The van der Waals surface area contributed by atoms with Crippen molar-refractivity contribution in [3.8, 4) is 0 Å². The van der Waals surface area contributed by atoms with Gasteiger partial charge in [0.25, 0.3) is 0 Å². The summed E-state index contributed by atoms with van der Waals surface area (Å²) in [4.78, 5) is 15.4. The number of hydrogen-bond donors (Lipinski definition) is 3. The molecule has 0 radical (unpaired) electrons. The van der Waals surface area contributed by atoms with Gasteiger partial charge in [-0.15, -0.1) is 24.0 Å². The fourth-order valence-corrected chi connectivity index (χ4v) is 2.30. The molecule has 6 nitrogen and oxygen atoms in total. The van der Waals surface area contributed by atoms with Crippen LogP contribution in [0.5, 0.6) is 0 Å². The first-order valence-electron chi connectivity index (χ1n) is 8.10. The number of carbonyl (C=O) groups excluding carboxylic acids is 1. The van der Waals surface area contributed by atoms with Gasteiger partial charge in [0.05, 0.1) is 6.10 Å². The summed E-state index contributed by atoms with van der Waals surface area (Å²) in [7, 11) is 3.46. The summed E-state index contributed by atoms with van der Waals surface area (Å²) in [5.74, 6) is 0.636. The zero-order chi connectivity index (χ0) is 18.2. The SMILES string of the molecule is CN=C(NCc1cccc(NC(C)=O)c1)NCC(OC)C(C)(C)C.I. The first kappa shape index (κ1) is 23.6. The second-order valence-electron chi connectivity index (χ2n) is 6.78. The molecule has 0 saturated carbocycles. The van der Waals surface area contributed by atoms with Gasteiger partial charge in [-0.1, -0.05) is 32.9 Å². The van der Waals surface area contributed by atoms with Gasteiger partial charge < -0.3 is 20.7 Å². The summed E-state index contributed by atoms with van der Waals surface area (Å²) in [6, 6.07) is 7.72. The van der Waals surface area contributed by atoms with E-state index in [-0.39, 0.29) is 41.4 Å². The Hall–Kier alpha value is -1.35. The van der Waals surface area contributed by atoms with Gasteiger partial charge >= 0.3 is 0 Å². The molecule has 0 heterocycles. The quantitative estimate of drug-likeness (QED) is 0.345. The molecule has 1 atom stereocenters. The molecule has 1 aromatic carbocycles. The van der Waals surface area contributed by atoms with E-state index >= 15 is 0 Å². The molecule has 1 rings (SSSR count). The van der Waals surface area contributed by atoms with Crippen molar-refractivity contribution in [2.24, 2.45) is 10.4 Å². The fraction of sp³-hybridized carbons (Fsp3) is 0.556. The summed E-state index contributed by atoms with van der Waals surface area (Å²) in [5.41, 5.74) is 1.90. The number of ether oxygens (including phenoxy) is 1. The molecular formula is C18H31IN4O2. The summed E-state index contributed by atoms with van der Waals surface area (Å²) in [5, 5.41) is 9.34. The number of amides is 1. The number of benzene rings is 1. The van der Waals surface area contributed by atoms with Crippen LogP contribution in [0, 0.1) is 5.41 Å². The van der Waals surface area contributed by atoms with E-state index in [1.165, 1.54) is 6.92 Å². The first-order valence-corrected chi connectivity index (χ1v) is 8.10. The first-order chi connectivity index (χ1) is 11.3. The maximum atomic E-state index is 11.1. The van der Waals surface area contributed by atoms with Gasteiger partial charge in [0.1, 0.15) is 0 Å². The molecule has 0 aromatic heterocycles. The predicted octanol–water partition coefficient (Wildman–Crippen LogP) is 2.99. The minimum atomic E-state index is -0.0784. The van der Waals surface area contributed by atoms with Crippen molar-refractivity contribution in [1.82, 2.24) is 10.6 Å². The topological polar surface area (TPSA) is 74.8 Å². The van der Waals surface area contributed by atoms with Gasteiger partial charge in [-0.05, 0) is 23.1 Å². The van der Waals surface area contributed by atoms with Gasteiger partial charge in [-0.2, -0.15) is 0 Å². The molecule has 3 N–H and O–H groups in total. The standard InChI is InChI=1S/C18H30N4O2.HI/c1-13(23)22-15-9-7-8-14(10-15)11-20-17(19-5)21-12-16(24-6)18(2,3)4;/h7-10,16H,11-12H2,1-6H3,(H,22,23)(H2,19,20,21);1H. The molecule has 1 amide bonds. The van der Waals surface area contributed by atoms with E-state index in [0.717, 1.165) is 11.3 Å². The Morgan fingerprint density at radius 1 is 1.28 bits per heavy atom. The van der Waals surface area contributed by atoms with Crippen LogP contribution < -0.4 is 16.0 Å². The third-order valence-corrected chi connectivity index (χ3v) is 3.64. The van der Waals surface area contributed by atoms with Gasteiger partial charge in [0.15, 0.2) is 5.96 Å². The number of hydrogen-bond acceptors (Lipinski definition) is 3. The lowest BCUT2D eigenvalue weighted by atomic mass is 9.89. The average Bonchev–Trinajstić information content (AvgIpc) is 2.49. The molecule has 0 fully saturated rings. The van der Waals surface area contributed by atoms with Crippen LogP contribution >= 0.6 is 24.0 Å². The number of aliphatic imine (C=N–C) groups is 1. The van der Waals surface area contributed by atoms with Crippen molar-refractivity contribution in [1.29, 1.82) is 0 Å². The van der Waals surface area contributed by atoms with Crippen LogP contribution in [-0.4, -0.2) is 38.7 Å². The van der Waals surface area contributed by atoms with Gasteiger partial charge in [-0.25, -0.2) is 0 Å². The highest BCUT2D eigenvalue weighted by Gasteiger charge is 2.24. The monoisotopic (exact) mass is 462 g/mol. The normalized spacial score (nSPS) is 12.8. The number of anilines is 1. The van der Waals surface area contributed by atoms with E-state index in [0.29, 0.717) is 19.0 Å². The van der Waals surface area contributed by atoms with Gasteiger partial charge in [0.2, 0.25) is 5.91 Å². The molecule has 1 unspecified atom stereocenters. The zero-order valence-electron chi connectivity index (χ0n) is 16.0. The molecule has 142 valence electrons. The number of guanidine groups is 1. The Morgan fingerprint density at radius 3 is 2.48 bits per heavy atom. The van der Waals surface area contributed by atoms with Crippen molar-refractivity contribution in [3.63, 3.8) is 0 Å². The third-order valence-electron chi connectivity index (χ3n) is 3.64. The van der Waals surface area contributed by atoms with Gasteiger partial charge in [-0.3, -0.25) is 9.79 Å². The lowest BCUT2D eigenvalue weighted by molar-refractivity contribution is -0.114. The number of nitrogens with zero attached hydrogens (tertiary/aromatic N) is 1. The predicted molar refractivity (Wildman–Crippen MR) is 115 cm³/mol. The molecule has 0 saturated heterocycles. The highest BCUT2D eigenvalue weighted by Crippen LogP contribution is 2.20. The van der Waals surface area contributed by atoms with Gasteiger partial charge in [0, 0.05) is 39.9 Å². The molecule has 0 spiro atoms. The lowest BCUT2D eigenvalue weighted by Crippen LogP contribution is -2.45. The van der Waals surface area contributed by atoms with E-state index in [1.807, 2.05) is 24.3 Å².